The highest BCUT2D eigenvalue weighted by molar-refractivity contribution is 7.92. The van der Waals surface area contributed by atoms with Gasteiger partial charge in [-0.2, -0.15) is 0 Å². The lowest BCUT2D eigenvalue weighted by atomic mass is 9.91. The van der Waals surface area contributed by atoms with E-state index in [4.69, 9.17) is 0 Å². The van der Waals surface area contributed by atoms with Crippen molar-refractivity contribution in [1.29, 1.82) is 0 Å². The van der Waals surface area contributed by atoms with E-state index in [1.807, 2.05) is 24.3 Å². The van der Waals surface area contributed by atoms with Crippen LogP contribution in [-0.4, -0.2) is 50.4 Å². The Kier molecular flexibility index (Phi) is 4.63. The second-order valence-corrected chi connectivity index (χ2v) is 10.5. The van der Waals surface area contributed by atoms with Gasteiger partial charge in [0.15, 0.2) is 5.78 Å². The number of benzene rings is 2. The molecule has 0 saturated carbocycles. The lowest BCUT2D eigenvalue weighted by Gasteiger charge is -2.29. The molecule has 9 heteroatoms. The van der Waals surface area contributed by atoms with Crippen LogP contribution in [0.2, 0.25) is 0 Å². The molecule has 2 aromatic rings. The highest BCUT2D eigenvalue weighted by Crippen LogP contribution is 2.41. The molecular formula is C23H23N3O5S. The third kappa shape index (κ3) is 3.10. The van der Waals surface area contributed by atoms with Gasteiger partial charge in [0.2, 0.25) is 10.0 Å². The molecule has 5 rings (SSSR count). The number of nitrogens with one attached hydrogen (secondary N) is 1. The van der Waals surface area contributed by atoms with Crippen LogP contribution in [0, 0.1) is 0 Å². The Bertz CT molecular complexity index is 1270. The highest BCUT2D eigenvalue weighted by Gasteiger charge is 2.55. The van der Waals surface area contributed by atoms with Crippen LogP contribution in [0.1, 0.15) is 39.9 Å². The number of hydrogen-bond acceptors (Lipinski definition) is 5. The number of sulfonamides is 1. The fourth-order valence-electron chi connectivity index (χ4n) is 5.05. The van der Waals surface area contributed by atoms with Crippen LogP contribution in [0.4, 0.5) is 10.5 Å². The number of imide groups is 1. The first-order valence-electron chi connectivity index (χ1n) is 10.6. The average Bonchev–Trinajstić information content (AvgIpc) is 3.25. The molecular weight excluding hydrogens is 430 g/mol. The van der Waals surface area contributed by atoms with Crippen molar-refractivity contribution in [2.24, 2.45) is 0 Å². The number of urea groups is 1. The number of ketones is 1. The molecule has 32 heavy (non-hydrogen) atoms. The molecule has 0 aromatic heterocycles. The molecule has 0 unspecified atom stereocenters. The Labute approximate surface area is 186 Å². The van der Waals surface area contributed by atoms with Gasteiger partial charge in [0.25, 0.3) is 5.91 Å². The monoisotopic (exact) mass is 453 g/mol. The Morgan fingerprint density at radius 3 is 2.66 bits per heavy atom. The van der Waals surface area contributed by atoms with Crippen molar-refractivity contribution < 1.29 is 22.8 Å². The summed E-state index contributed by atoms with van der Waals surface area (Å²) in [6.07, 6.45) is 3.64. The zero-order chi connectivity index (χ0) is 22.7. The number of nitrogens with zero attached hydrogens (tertiary/aromatic N) is 2. The van der Waals surface area contributed by atoms with Crippen LogP contribution >= 0.6 is 0 Å². The SMILES string of the molecule is CS(=O)(=O)N1CCCc2cc(C(=O)CN3C(=O)N[C@@]4(CCc5ccccc54)C3=O)ccc21. The van der Waals surface area contributed by atoms with Crippen LogP contribution in [0.25, 0.3) is 0 Å². The van der Waals surface area contributed by atoms with Gasteiger partial charge in [0, 0.05) is 12.1 Å². The van der Waals surface area contributed by atoms with Gasteiger partial charge in [-0.15, -0.1) is 0 Å². The minimum atomic E-state index is -3.40. The van der Waals surface area contributed by atoms with E-state index in [1.165, 1.54) is 4.31 Å². The smallest absolute Gasteiger partial charge is 0.319 e. The number of fused-ring (bicyclic) bond motifs is 3. The maximum atomic E-state index is 13.3. The van der Waals surface area contributed by atoms with E-state index in [0.29, 0.717) is 43.5 Å². The van der Waals surface area contributed by atoms with Crippen molar-refractivity contribution in [2.75, 3.05) is 23.7 Å². The number of aryl methyl sites for hydroxylation is 2. The molecule has 8 nitrogen and oxygen atoms in total. The first kappa shape index (κ1) is 20.7. The topological polar surface area (TPSA) is 104 Å². The van der Waals surface area contributed by atoms with E-state index >= 15 is 0 Å². The molecule has 3 amide bonds. The van der Waals surface area contributed by atoms with Crippen molar-refractivity contribution >= 4 is 33.4 Å². The summed E-state index contributed by atoms with van der Waals surface area (Å²) >= 11 is 0. The third-order valence-electron chi connectivity index (χ3n) is 6.60. The van der Waals surface area contributed by atoms with Crippen LogP contribution in [-0.2, 0) is 33.2 Å². The fourth-order valence-corrected chi connectivity index (χ4v) is 6.04. The maximum absolute atomic E-state index is 13.3. The molecule has 1 spiro atoms. The number of carbonyl (C=O) groups excluding carboxylic acids is 3. The summed E-state index contributed by atoms with van der Waals surface area (Å²) in [5.74, 6) is -0.766. The van der Waals surface area contributed by atoms with Crippen LogP contribution < -0.4 is 9.62 Å². The average molecular weight is 454 g/mol. The molecule has 1 saturated heterocycles. The summed E-state index contributed by atoms with van der Waals surface area (Å²) in [5.41, 5.74) is 2.42. The van der Waals surface area contributed by atoms with Gasteiger partial charge in [-0.3, -0.25) is 18.8 Å². The zero-order valence-electron chi connectivity index (χ0n) is 17.6. The van der Waals surface area contributed by atoms with E-state index < -0.39 is 27.5 Å². The predicted octanol–water partition coefficient (Wildman–Crippen LogP) is 1.97. The molecule has 2 heterocycles. The minimum Gasteiger partial charge on any atom is -0.319 e. The van der Waals surface area contributed by atoms with Crippen molar-refractivity contribution in [1.82, 2.24) is 10.2 Å². The summed E-state index contributed by atoms with van der Waals surface area (Å²) in [6, 6.07) is 11.8. The first-order valence-corrected chi connectivity index (χ1v) is 12.4. The van der Waals surface area contributed by atoms with Crippen LogP contribution in [0.5, 0.6) is 0 Å². The number of Topliss-reactive ketones (excluding diaryl/α,β-unsaturated/α-hetero) is 1. The Balaban J connectivity index is 1.39. The Morgan fingerprint density at radius 1 is 1.09 bits per heavy atom. The van der Waals surface area contributed by atoms with Gasteiger partial charge in [-0.05, 0) is 60.6 Å². The molecule has 166 valence electrons. The van der Waals surface area contributed by atoms with E-state index in [2.05, 4.69) is 5.32 Å². The largest absolute Gasteiger partial charge is 0.325 e. The minimum absolute atomic E-state index is 0.354. The zero-order valence-corrected chi connectivity index (χ0v) is 18.4. The van der Waals surface area contributed by atoms with Gasteiger partial charge >= 0.3 is 6.03 Å². The first-order chi connectivity index (χ1) is 15.2. The predicted molar refractivity (Wildman–Crippen MR) is 118 cm³/mol. The number of anilines is 1. The second kappa shape index (κ2) is 7.16. The molecule has 2 aliphatic heterocycles. The standard InChI is InChI=1S/C23H23N3O5S/c1-32(30,31)26-12-4-6-16-13-17(8-9-19(16)26)20(27)14-25-21(28)23(24-22(25)29)11-10-15-5-2-3-7-18(15)23/h2-3,5,7-9,13H,4,6,10-12,14H2,1H3,(H,24,29)/t23-/m1/s1. The summed E-state index contributed by atoms with van der Waals surface area (Å²) in [7, 11) is -3.40. The fraction of sp³-hybridized carbons (Fsp3) is 0.348. The molecule has 2 aromatic carbocycles. The van der Waals surface area contributed by atoms with Crippen molar-refractivity contribution in [3.05, 3.63) is 64.7 Å². The van der Waals surface area contributed by atoms with Crippen molar-refractivity contribution in [3.8, 4) is 0 Å². The van der Waals surface area contributed by atoms with Gasteiger partial charge in [0.1, 0.15) is 5.54 Å². The Morgan fingerprint density at radius 2 is 1.88 bits per heavy atom. The van der Waals surface area contributed by atoms with E-state index in [0.717, 1.165) is 27.8 Å². The van der Waals surface area contributed by atoms with Gasteiger partial charge < -0.3 is 5.32 Å². The van der Waals surface area contributed by atoms with Gasteiger partial charge in [-0.25, -0.2) is 13.2 Å². The number of amides is 3. The van der Waals surface area contributed by atoms with Crippen molar-refractivity contribution in [3.63, 3.8) is 0 Å². The summed E-state index contributed by atoms with van der Waals surface area (Å²) in [5, 5.41) is 2.83. The number of hydrogen-bond donors (Lipinski definition) is 1. The van der Waals surface area contributed by atoms with E-state index in [9.17, 15) is 22.8 Å². The molecule has 1 aliphatic carbocycles. The molecule has 1 fully saturated rings. The molecule has 1 atom stereocenters. The second-order valence-electron chi connectivity index (χ2n) is 8.59. The lowest BCUT2D eigenvalue weighted by Crippen LogP contribution is -2.42. The van der Waals surface area contributed by atoms with Gasteiger partial charge in [-0.1, -0.05) is 24.3 Å². The molecule has 3 aliphatic rings. The summed E-state index contributed by atoms with van der Waals surface area (Å²) in [4.78, 5) is 39.9. The molecule has 0 bridgehead atoms. The normalized spacial score (nSPS) is 22.2. The third-order valence-corrected chi connectivity index (χ3v) is 7.78. The molecule has 1 N–H and O–H groups in total. The van der Waals surface area contributed by atoms with Gasteiger partial charge in [0.05, 0.1) is 18.5 Å². The lowest BCUT2D eigenvalue weighted by molar-refractivity contribution is -0.131. The van der Waals surface area contributed by atoms with Crippen LogP contribution in [0.3, 0.4) is 0 Å². The Hall–Kier alpha value is -3.20. The summed E-state index contributed by atoms with van der Waals surface area (Å²) < 4.78 is 25.4. The van der Waals surface area contributed by atoms with E-state index in [1.54, 1.807) is 18.2 Å². The van der Waals surface area contributed by atoms with Crippen LogP contribution in [0.15, 0.2) is 42.5 Å². The molecule has 0 radical (unpaired) electrons. The van der Waals surface area contributed by atoms with E-state index in [-0.39, 0.29) is 12.3 Å². The summed E-state index contributed by atoms with van der Waals surface area (Å²) in [6.45, 7) is 0.0499. The number of carbonyl (C=O) groups is 3. The maximum Gasteiger partial charge on any atom is 0.325 e. The highest BCUT2D eigenvalue weighted by atomic mass is 32.2. The van der Waals surface area contributed by atoms with Crippen molar-refractivity contribution in [2.45, 2.75) is 31.2 Å². The quantitative estimate of drug-likeness (QED) is 0.563. The number of rotatable bonds is 4.